The summed E-state index contributed by atoms with van der Waals surface area (Å²) in [5.41, 5.74) is 3.87. The van der Waals surface area contributed by atoms with Gasteiger partial charge in [0, 0.05) is 5.56 Å². The van der Waals surface area contributed by atoms with Crippen LogP contribution in [-0.2, 0) is 0 Å². The zero-order valence-corrected chi connectivity index (χ0v) is 13.0. The van der Waals surface area contributed by atoms with Gasteiger partial charge < -0.3 is 5.43 Å². The maximum Gasteiger partial charge on any atom is 0.185 e. The quantitative estimate of drug-likeness (QED) is 0.203. The molecule has 2 aromatic rings. The van der Waals surface area contributed by atoms with Gasteiger partial charge >= 0.3 is 0 Å². The van der Waals surface area contributed by atoms with Crippen LogP contribution in [0, 0.1) is 0 Å². The van der Waals surface area contributed by atoms with Crippen LogP contribution in [0.25, 0.3) is 6.08 Å². The molecule has 0 heterocycles. The Kier molecular flexibility index (Phi) is 8.04. The number of thiocarbonyl (C=S) groups is 1. The van der Waals surface area contributed by atoms with Crippen molar-refractivity contribution >= 4 is 41.0 Å². The molecule has 0 aromatic heterocycles. The first kappa shape index (κ1) is 17.1. The highest BCUT2D eigenvalue weighted by Crippen LogP contribution is 2.05. The summed E-state index contributed by atoms with van der Waals surface area (Å²) < 4.78 is 0.310. The van der Waals surface area contributed by atoms with Crippen molar-refractivity contribution in [1.82, 2.24) is 5.43 Å². The highest BCUT2D eigenvalue weighted by Gasteiger charge is 1.98. The Morgan fingerprint density at radius 1 is 1.05 bits per heavy atom. The first-order chi connectivity index (χ1) is 10.1. The Morgan fingerprint density at radius 3 is 2.00 bits per heavy atom. The molecular weight excluding hydrogens is 300 g/mol. The number of thiol groups is 1. The van der Waals surface area contributed by atoms with Gasteiger partial charge in [-0.1, -0.05) is 79.0 Å². The lowest BCUT2D eigenvalue weighted by Gasteiger charge is -1.94. The number of ketones is 1. The van der Waals surface area contributed by atoms with E-state index in [0.717, 1.165) is 11.1 Å². The van der Waals surface area contributed by atoms with E-state index in [1.807, 2.05) is 66.7 Å². The van der Waals surface area contributed by atoms with Crippen LogP contribution >= 0.6 is 24.8 Å². The van der Waals surface area contributed by atoms with Crippen LogP contribution in [0.1, 0.15) is 15.9 Å². The highest BCUT2D eigenvalue weighted by atomic mass is 32.1. The van der Waals surface area contributed by atoms with E-state index >= 15 is 0 Å². The fourth-order valence-corrected chi connectivity index (χ4v) is 1.43. The van der Waals surface area contributed by atoms with Gasteiger partial charge in [0.1, 0.15) is 4.32 Å². The maximum atomic E-state index is 11.7. The molecule has 0 radical (unpaired) electrons. The normalized spacial score (nSPS) is 9.62. The van der Waals surface area contributed by atoms with Gasteiger partial charge in [-0.2, -0.15) is 0 Å². The Hall–Kier alpha value is -1.95. The molecule has 0 amide bonds. The first-order valence-corrected chi connectivity index (χ1v) is 7.01. The number of nitrogens with two attached hydrogens (primary N) is 1. The first-order valence-electron chi connectivity index (χ1n) is 6.15. The molecule has 108 valence electrons. The van der Waals surface area contributed by atoms with Gasteiger partial charge in [-0.05, 0) is 11.6 Å². The van der Waals surface area contributed by atoms with Gasteiger partial charge in [-0.3, -0.25) is 4.79 Å². The van der Waals surface area contributed by atoms with Crippen molar-refractivity contribution in [3.8, 4) is 0 Å². The van der Waals surface area contributed by atoms with Crippen molar-refractivity contribution in [2.45, 2.75) is 0 Å². The Balaban J connectivity index is 0.000000383. The van der Waals surface area contributed by atoms with Crippen LogP contribution in [0.4, 0.5) is 0 Å². The minimum absolute atomic E-state index is 0.0319. The third-order valence-electron chi connectivity index (χ3n) is 2.41. The molecule has 0 bridgehead atoms. The Morgan fingerprint density at radius 2 is 1.52 bits per heavy atom. The van der Waals surface area contributed by atoms with Crippen molar-refractivity contribution < 1.29 is 4.79 Å². The second-order valence-electron chi connectivity index (χ2n) is 3.92. The summed E-state index contributed by atoms with van der Waals surface area (Å²) in [6, 6.07) is 19.1. The molecule has 0 aliphatic heterocycles. The van der Waals surface area contributed by atoms with Crippen LogP contribution in [0.2, 0.25) is 0 Å². The van der Waals surface area contributed by atoms with Gasteiger partial charge in [-0.15, -0.1) is 12.6 Å². The smallest absolute Gasteiger partial charge is 0.185 e. The molecule has 3 nitrogen and oxygen atoms in total. The number of carbonyl (C=O) groups excluding carboxylic acids is 1. The molecule has 0 saturated carbocycles. The lowest BCUT2D eigenvalue weighted by atomic mass is 10.1. The van der Waals surface area contributed by atoms with E-state index in [1.165, 1.54) is 0 Å². The van der Waals surface area contributed by atoms with E-state index in [4.69, 9.17) is 5.84 Å². The summed E-state index contributed by atoms with van der Waals surface area (Å²) in [6.45, 7) is 0. The van der Waals surface area contributed by atoms with Crippen LogP contribution in [-0.4, -0.2) is 10.1 Å². The largest absolute Gasteiger partial charge is 0.310 e. The number of hydrogen-bond donors (Lipinski definition) is 3. The zero-order chi connectivity index (χ0) is 15.5. The number of carbonyl (C=O) groups is 1. The molecule has 3 N–H and O–H groups in total. The molecule has 2 rings (SSSR count). The molecule has 2 aromatic carbocycles. The van der Waals surface area contributed by atoms with E-state index in [2.05, 4.69) is 30.3 Å². The molecule has 0 spiro atoms. The summed E-state index contributed by atoms with van der Waals surface area (Å²) in [5, 5.41) is 0. The van der Waals surface area contributed by atoms with E-state index in [0.29, 0.717) is 4.32 Å². The summed E-state index contributed by atoms with van der Waals surface area (Å²) >= 11 is 7.92. The fraction of sp³-hybridized carbons (Fsp3) is 0. The Labute approximate surface area is 135 Å². The summed E-state index contributed by atoms with van der Waals surface area (Å²) in [5.74, 6) is 4.74. The standard InChI is InChI=1S/C15H12O.CH4N2S2/c16-15(14-9-5-2-6-10-14)12-11-13-7-3-1-4-8-13;2-3-1(4)5/h1-12H;2H2,(H2,3,4,5). The van der Waals surface area contributed by atoms with Gasteiger partial charge in [-0.25, -0.2) is 5.84 Å². The molecule has 0 saturated heterocycles. The van der Waals surface area contributed by atoms with Crippen molar-refractivity contribution in [2.75, 3.05) is 0 Å². The second-order valence-corrected chi connectivity index (χ2v) is 5.08. The lowest BCUT2D eigenvalue weighted by molar-refractivity contribution is 0.104. The predicted molar refractivity (Wildman–Crippen MR) is 95.2 cm³/mol. The van der Waals surface area contributed by atoms with E-state index < -0.39 is 0 Å². The minimum Gasteiger partial charge on any atom is -0.310 e. The number of rotatable bonds is 3. The lowest BCUT2D eigenvalue weighted by Crippen LogP contribution is -2.23. The molecular formula is C16H16N2OS2. The number of allylic oxidation sites excluding steroid dienone is 1. The van der Waals surface area contributed by atoms with Gasteiger partial charge in [0.15, 0.2) is 5.78 Å². The molecule has 0 atom stereocenters. The summed E-state index contributed by atoms with van der Waals surface area (Å²) in [4.78, 5) is 11.7. The monoisotopic (exact) mass is 316 g/mol. The summed E-state index contributed by atoms with van der Waals surface area (Å²) in [6.07, 6.45) is 3.43. The van der Waals surface area contributed by atoms with Gasteiger partial charge in [0.05, 0.1) is 0 Å². The van der Waals surface area contributed by atoms with Crippen LogP contribution < -0.4 is 11.3 Å². The van der Waals surface area contributed by atoms with E-state index in [-0.39, 0.29) is 5.78 Å². The Bertz CT molecular complexity index is 598. The average Bonchev–Trinajstić information content (AvgIpc) is 2.55. The van der Waals surface area contributed by atoms with Gasteiger partial charge in [0.2, 0.25) is 0 Å². The van der Waals surface area contributed by atoms with Crippen molar-refractivity contribution in [3.05, 3.63) is 77.9 Å². The van der Waals surface area contributed by atoms with Crippen LogP contribution in [0.5, 0.6) is 0 Å². The maximum absolute atomic E-state index is 11.7. The number of benzene rings is 2. The van der Waals surface area contributed by atoms with Crippen LogP contribution in [0.3, 0.4) is 0 Å². The van der Waals surface area contributed by atoms with Crippen molar-refractivity contribution in [3.63, 3.8) is 0 Å². The number of hydrazine groups is 1. The highest BCUT2D eigenvalue weighted by molar-refractivity contribution is 8.11. The van der Waals surface area contributed by atoms with Crippen molar-refractivity contribution in [1.29, 1.82) is 0 Å². The molecule has 0 fully saturated rings. The number of nitrogens with one attached hydrogen (secondary N) is 1. The van der Waals surface area contributed by atoms with Gasteiger partial charge in [0.25, 0.3) is 0 Å². The van der Waals surface area contributed by atoms with E-state index in [1.54, 1.807) is 6.08 Å². The molecule has 0 unspecified atom stereocenters. The minimum atomic E-state index is 0.0319. The van der Waals surface area contributed by atoms with Crippen LogP contribution in [0.15, 0.2) is 66.7 Å². The average molecular weight is 316 g/mol. The topological polar surface area (TPSA) is 55.1 Å². The number of hydrogen-bond acceptors (Lipinski definition) is 3. The predicted octanol–water partition coefficient (Wildman–Crippen LogP) is 3.25. The third kappa shape index (κ3) is 7.41. The SMILES string of the molecule is NNC(=S)S.O=C(C=Cc1ccccc1)c1ccccc1. The molecule has 21 heavy (non-hydrogen) atoms. The fourth-order valence-electron chi connectivity index (χ4n) is 1.43. The second kappa shape index (κ2) is 9.88. The third-order valence-corrected chi connectivity index (χ3v) is 2.66. The van der Waals surface area contributed by atoms with E-state index in [9.17, 15) is 4.79 Å². The molecule has 0 aliphatic rings. The zero-order valence-electron chi connectivity index (χ0n) is 11.3. The summed E-state index contributed by atoms with van der Waals surface area (Å²) in [7, 11) is 0. The molecule has 5 heteroatoms. The van der Waals surface area contributed by atoms with Crippen molar-refractivity contribution in [2.24, 2.45) is 5.84 Å². The molecule has 0 aliphatic carbocycles.